The maximum absolute atomic E-state index is 13.5. The van der Waals surface area contributed by atoms with Gasteiger partial charge in [-0.1, -0.05) is 19.1 Å². The predicted molar refractivity (Wildman–Crippen MR) is 80.1 cm³/mol. The van der Waals surface area contributed by atoms with Crippen LogP contribution in [0, 0.1) is 12.7 Å². The Labute approximate surface area is 120 Å². The molecule has 0 aliphatic rings. The minimum absolute atomic E-state index is 0.171. The summed E-state index contributed by atoms with van der Waals surface area (Å²) in [6, 6.07) is 9.21. The molecule has 0 spiro atoms. The van der Waals surface area contributed by atoms with E-state index in [1.165, 1.54) is 11.6 Å². The fourth-order valence-electron chi connectivity index (χ4n) is 2.46. The molecule has 1 aromatic heterocycles. The Kier molecular flexibility index (Phi) is 5.24. The summed E-state index contributed by atoms with van der Waals surface area (Å²) in [7, 11) is 0. The van der Waals surface area contributed by atoms with Crippen LogP contribution in [0.5, 0.6) is 0 Å². The molecule has 3 heteroatoms. The zero-order valence-electron chi connectivity index (χ0n) is 12.1. The lowest BCUT2D eigenvalue weighted by Crippen LogP contribution is -2.22. The Bertz CT molecular complexity index is 540. The summed E-state index contributed by atoms with van der Waals surface area (Å²) in [5, 5.41) is 3.45. The zero-order valence-corrected chi connectivity index (χ0v) is 12.1. The number of aryl methyl sites for hydroxylation is 2. The first-order valence-electron chi connectivity index (χ1n) is 7.09. The number of pyridine rings is 1. The summed E-state index contributed by atoms with van der Waals surface area (Å²) >= 11 is 0. The lowest BCUT2D eigenvalue weighted by Gasteiger charge is -2.20. The summed E-state index contributed by atoms with van der Waals surface area (Å²) in [6.45, 7) is 4.97. The van der Waals surface area contributed by atoms with Crippen molar-refractivity contribution in [2.24, 2.45) is 0 Å². The number of aromatic nitrogens is 1. The smallest absolute Gasteiger partial charge is 0.123 e. The quantitative estimate of drug-likeness (QED) is 0.865. The van der Waals surface area contributed by atoms with E-state index in [2.05, 4.69) is 23.3 Å². The van der Waals surface area contributed by atoms with Crippen molar-refractivity contribution in [2.75, 3.05) is 6.54 Å². The first-order valence-corrected chi connectivity index (χ1v) is 7.09. The van der Waals surface area contributed by atoms with Gasteiger partial charge >= 0.3 is 0 Å². The molecule has 2 aromatic rings. The topological polar surface area (TPSA) is 24.9 Å². The molecule has 0 amide bonds. The highest BCUT2D eigenvalue weighted by Crippen LogP contribution is 2.23. The Morgan fingerprint density at radius 3 is 2.85 bits per heavy atom. The largest absolute Gasteiger partial charge is 0.310 e. The molecule has 1 N–H and O–H groups in total. The second-order valence-corrected chi connectivity index (χ2v) is 5.01. The number of hydrogen-bond donors (Lipinski definition) is 1. The van der Waals surface area contributed by atoms with E-state index in [1.807, 2.05) is 25.3 Å². The number of benzene rings is 1. The van der Waals surface area contributed by atoms with Gasteiger partial charge in [0, 0.05) is 18.4 Å². The summed E-state index contributed by atoms with van der Waals surface area (Å²) in [6.07, 6.45) is 5.54. The van der Waals surface area contributed by atoms with Gasteiger partial charge < -0.3 is 5.32 Å². The van der Waals surface area contributed by atoms with Crippen molar-refractivity contribution in [2.45, 2.75) is 32.7 Å². The van der Waals surface area contributed by atoms with Crippen LogP contribution in [0.1, 0.15) is 36.1 Å². The van der Waals surface area contributed by atoms with Crippen LogP contribution in [0.2, 0.25) is 0 Å². The van der Waals surface area contributed by atoms with Crippen molar-refractivity contribution < 1.29 is 4.39 Å². The maximum atomic E-state index is 13.5. The molecular weight excluding hydrogens is 251 g/mol. The van der Waals surface area contributed by atoms with Gasteiger partial charge in [0.05, 0.1) is 0 Å². The van der Waals surface area contributed by atoms with E-state index < -0.39 is 0 Å². The maximum Gasteiger partial charge on any atom is 0.123 e. The van der Waals surface area contributed by atoms with Crippen molar-refractivity contribution in [3.8, 4) is 0 Å². The molecule has 1 heterocycles. The van der Waals surface area contributed by atoms with E-state index in [0.717, 1.165) is 30.5 Å². The van der Waals surface area contributed by atoms with Crippen molar-refractivity contribution in [1.29, 1.82) is 0 Å². The summed E-state index contributed by atoms with van der Waals surface area (Å²) in [5.41, 5.74) is 3.39. The van der Waals surface area contributed by atoms with Crippen molar-refractivity contribution in [1.82, 2.24) is 10.3 Å². The van der Waals surface area contributed by atoms with Gasteiger partial charge in [0.2, 0.25) is 0 Å². The van der Waals surface area contributed by atoms with E-state index in [1.54, 1.807) is 12.3 Å². The van der Waals surface area contributed by atoms with Crippen LogP contribution in [0.4, 0.5) is 4.39 Å². The lowest BCUT2D eigenvalue weighted by molar-refractivity contribution is 0.508. The molecule has 0 radical (unpaired) electrons. The Morgan fingerprint density at radius 2 is 2.15 bits per heavy atom. The van der Waals surface area contributed by atoms with E-state index in [0.29, 0.717) is 0 Å². The molecular formula is C17H21FN2. The molecule has 0 saturated heterocycles. The third-order valence-electron chi connectivity index (χ3n) is 3.51. The first kappa shape index (κ1) is 14.7. The molecule has 106 valence electrons. The van der Waals surface area contributed by atoms with Crippen molar-refractivity contribution in [3.05, 3.63) is 65.2 Å². The van der Waals surface area contributed by atoms with Crippen LogP contribution < -0.4 is 5.32 Å². The van der Waals surface area contributed by atoms with Crippen LogP contribution in [-0.2, 0) is 6.42 Å². The van der Waals surface area contributed by atoms with Gasteiger partial charge in [-0.3, -0.25) is 4.98 Å². The van der Waals surface area contributed by atoms with Crippen LogP contribution in [0.25, 0.3) is 0 Å². The molecule has 2 rings (SSSR count). The minimum Gasteiger partial charge on any atom is -0.310 e. The van der Waals surface area contributed by atoms with Crippen LogP contribution in [0.3, 0.4) is 0 Å². The number of nitrogens with one attached hydrogen (secondary N) is 1. The minimum atomic E-state index is -0.171. The number of hydrogen-bond acceptors (Lipinski definition) is 2. The Balaban J connectivity index is 2.12. The fraction of sp³-hybridized carbons (Fsp3) is 0.353. The highest BCUT2D eigenvalue weighted by Gasteiger charge is 2.13. The average molecular weight is 272 g/mol. The molecule has 0 bridgehead atoms. The number of nitrogens with zero attached hydrogens (tertiary/aromatic N) is 1. The van der Waals surface area contributed by atoms with Crippen LogP contribution in [-0.4, -0.2) is 11.5 Å². The van der Waals surface area contributed by atoms with Crippen LogP contribution in [0.15, 0.2) is 42.7 Å². The highest BCUT2D eigenvalue weighted by molar-refractivity contribution is 5.30. The standard InChI is InChI=1S/C17H21FN2/c1-3-20-17(9-7-14-5-4-10-19-12-14)16-11-15(18)8-6-13(16)2/h4-6,8,10-12,17,20H,3,7,9H2,1-2H3. The molecule has 1 aromatic carbocycles. The van der Waals surface area contributed by atoms with Gasteiger partial charge in [-0.15, -0.1) is 0 Å². The van der Waals surface area contributed by atoms with E-state index in [9.17, 15) is 4.39 Å². The second-order valence-electron chi connectivity index (χ2n) is 5.01. The highest BCUT2D eigenvalue weighted by atomic mass is 19.1. The third-order valence-corrected chi connectivity index (χ3v) is 3.51. The molecule has 1 unspecified atom stereocenters. The first-order chi connectivity index (χ1) is 9.70. The Morgan fingerprint density at radius 1 is 1.30 bits per heavy atom. The number of halogens is 1. The van der Waals surface area contributed by atoms with E-state index >= 15 is 0 Å². The van der Waals surface area contributed by atoms with Gasteiger partial charge in [0.15, 0.2) is 0 Å². The molecule has 0 aliphatic carbocycles. The molecule has 0 aliphatic heterocycles. The Hall–Kier alpha value is -1.74. The monoisotopic (exact) mass is 272 g/mol. The van der Waals surface area contributed by atoms with Crippen LogP contribution >= 0.6 is 0 Å². The average Bonchev–Trinajstić information content (AvgIpc) is 2.47. The lowest BCUT2D eigenvalue weighted by atomic mass is 9.96. The normalized spacial score (nSPS) is 12.3. The van der Waals surface area contributed by atoms with E-state index in [4.69, 9.17) is 0 Å². The second kappa shape index (κ2) is 7.15. The molecule has 0 saturated carbocycles. The molecule has 0 fully saturated rings. The van der Waals surface area contributed by atoms with Crippen molar-refractivity contribution >= 4 is 0 Å². The zero-order chi connectivity index (χ0) is 14.4. The molecule has 20 heavy (non-hydrogen) atoms. The summed E-state index contributed by atoms with van der Waals surface area (Å²) in [5.74, 6) is -0.171. The summed E-state index contributed by atoms with van der Waals surface area (Å²) in [4.78, 5) is 4.13. The number of rotatable bonds is 6. The third kappa shape index (κ3) is 3.87. The van der Waals surface area contributed by atoms with Gasteiger partial charge in [-0.25, -0.2) is 4.39 Å². The van der Waals surface area contributed by atoms with Gasteiger partial charge in [-0.2, -0.15) is 0 Å². The van der Waals surface area contributed by atoms with Gasteiger partial charge in [0.1, 0.15) is 5.82 Å². The predicted octanol–water partition coefficient (Wildman–Crippen LogP) is 3.81. The van der Waals surface area contributed by atoms with E-state index in [-0.39, 0.29) is 11.9 Å². The SMILES string of the molecule is CCNC(CCc1cccnc1)c1cc(F)ccc1C. The summed E-state index contributed by atoms with van der Waals surface area (Å²) < 4.78 is 13.5. The fourth-order valence-corrected chi connectivity index (χ4v) is 2.46. The molecule has 2 nitrogen and oxygen atoms in total. The van der Waals surface area contributed by atoms with Crippen molar-refractivity contribution in [3.63, 3.8) is 0 Å². The van der Waals surface area contributed by atoms with Gasteiger partial charge in [0.25, 0.3) is 0 Å². The molecule has 1 atom stereocenters. The van der Waals surface area contributed by atoms with Gasteiger partial charge in [-0.05, 0) is 61.2 Å².